The highest BCUT2D eigenvalue weighted by Crippen LogP contribution is 2.51. The molecular weight excluding hydrogens is 809 g/mol. The fourth-order valence-electron chi connectivity index (χ4n) is 11.1. The third-order valence-electron chi connectivity index (χ3n) is 14.4. The van der Waals surface area contributed by atoms with E-state index in [4.69, 9.17) is 0 Å². The number of benzene rings is 11. The fraction of sp³-hybridized carbons (Fsp3) is 0.0462. The zero-order valence-corrected chi connectivity index (χ0v) is 37.5. The van der Waals surface area contributed by atoms with Gasteiger partial charge in [-0.15, -0.1) is 0 Å². The van der Waals surface area contributed by atoms with Gasteiger partial charge in [0.25, 0.3) is 0 Å². The second-order valence-electron chi connectivity index (χ2n) is 18.5. The van der Waals surface area contributed by atoms with Crippen molar-refractivity contribution >= 4 is 60.4 Å². The number of hydrogen-bond acceptors (Lipinski definition) is 1. The number of rotatable bonds is 7. The molecule has 0 aliphatic heterocycles. The van der Waals surface area contributed by atoms with Crippen molar-refractivity contribution in [1.82, 2.24) is 4.57 Å². The van der Waals surface area contributed by atoms with Gasteiger partial charge in [-0.25, -0.2) is 0 Å². The van der Waals surface area contributed by atoms with Crippen molar-refractivity contribution in [2.75, 3.05) is 4.90 Å². The molecule has 0 amide bonds. The molecule has 0 radical (unpaired) electrons. The number of fused-ring (bicyclic) bond motifs is 9. The van der Waals surface area contributed by atoms with Crippen LogP contribution in [0.25, 0.3) is 93.5 Å². The summed E-state index contributed by atoms with van der Waals surface area (Å²) in [4.78, 5) is 2.42. The highest BCUT2D eigenvalue weighted by molar-refractivity contribution is 6.10. The van der Waals surface area contributed by atoms with E-state index in [0.717, 1.165) is 22.7 Å². The van der Waals surface area contributed by atoms with E-state index in [-0.39, 0.29) is 5.41 Å². The van der Waals surface area contributed by atoms with E-state index in [2.05, 4.69) is 266 Å². The quantitative estimate of drug-likeness (QED) is 0.145. The molecule has 0 fully saturated rings. The number of anilines is 3. The van der Waals surface area contributed by atoms with E-state index in [1.54, 1.807) is 0 Å². The maximum Gasteiger partial charge on any atom is 0.0541 e. The minimum Gasteiger partial charge on any atom is -0.310 e. The van der Waals surface area contributed by atoms with Gasteiger partial charge in [0.1, 0.15) is 0 Å². The average Bonchev–Trinajstić information content (AvgIpc) is 3.84. The lowest BCUT2D eigenvalue weighted by Crippen LogP contribution is -2.16. The summed E-state index contributed by atoms with van der Waals surface area (Å²) in [5.74, 6) is 0. The van der Waals surface area contributed by atoms with Crippen LogP contribution in [0.4, 0.5) is 17.1 Å². The molecule has 0 saturated heterocycles. The molecule has 2 nitrogen and oxygen atoms in total. The van der Waals surface area contributed by atoms with Crippen LogP contribution in [-0.2, 0) is 5.41 Å². The molecule has 316 valence electrons. The number of para-hydroxylation sites is 3. The van der Waals surface area contributed by atoms with E-state index in [0.29, 0.717) is 0 Å². The summed E-state index contributed by atoms with van der Waals surface area (Å²) in [6.07, 6.45) is 0. The van der Waals surface area contributed by atoms with Crippen LogP contribution in [0.3, 0.4) is 0 Å². The predicted molar refractivity (Wildman–Crippen MR) is 284 cm³/mol. The molecule has 1 aliphatic carbocycles. The normalized spacial score (nSPS) is 12.7. The van der Waals surface area contributed by atoms with Crippen LogP contribution < -0.4 is 4.90 Å². The Morgan fingerprint density at radius 1 is 0.313 bits per heavy atom. The van der Waals surface area contributed by atoms with Crippen LogP contribution in [0, 0.1) is 0 Å². The summed E-state index contributed by atoms with van der Waals surface area (Å²) in [5.41, 5.74) is 19.3. The third-order valence-corrected chi connectivity index (χ3v) is 14.4. The first-order chi connectivity index (χ1) is 33.0. The van der Waals surface area contributed by atoms with Gasteiger partial charge in [0.2, 0.25) is 0 Å². The largest absolute Gasteiger partial charge is 0.310 e. The summed E-state index contributed by atoms with van der Waals surface area (Å²) in [6.45, 7) is 4.72. The second kappa shape index (κ2) is 15.3. The molecule has 0 atom stereocenters. The predicted octanol–water partition coefficient (Wildman–Crippen LogP) is 17.9. The van der Waals surface area contributed by atoms with Crippen molar-refractivity contribution < 1.29 is 0 Å². The van der Waals surface area contributed by atoms with Crippen molar-refractivity contribution in [2.24, 2.45) is 0 Å². The van der Waals surface area contributed by atoms with E-state index in [1.165, 1.54) is 99.0 Å². The van der Waals surface area contributed by atoms with Gasteiger partial charge in [-0.1, -0.05) is 196 Å². The van der Waals surface area contributed by atoms with E-state index in [1.807, 2.05) is 0 Å². The minimum atomic E-state index is -0.123. The van der Waals surface area contributed by atoms with Crippen molar-refractivity contribution in [3.63, 3.8) is 0 Å². The Morgan fingerprint density at radius 2 is 0.821 bits per heavy atom. The Kier molecular flexibility index (Phi) is 8.91. The Bertz CT molecular complexity index is 3840. The molecule has 1 aliphatic rings. The van der Waals surface area contributed by atoms with Crippen molar-refractivity contribution in [3.05, 3.63) is 254 Å². The summed E-state index contributed by atoms with van der Waals surface area (Å²) in [5, 5.41) is 7.61. The second-order valence-corrected chi connectivity index (χ2v) is 18.5. The minimum absolute atomic E-state index is 0.123. The third kappa shape index (κ3) is 6.25. The SMILES string of the molecule is CC1(C)c2ccccc2-c2ccc(N(c3ccc(-c4ccc5c(ccc6ccccc65)c4)cc3)c3ccc(-c4ccccc4-c4ccccc4-n4c5ccccc5c5ccccc54)cc3)cc21. The van der Waals surface area contributed by atoms with Gasteiger partial charge in [-0.05, 0) is 132 Å². The molecule has 2 heteroatoms. The zero-order chi connectivity index (χ0) is 44.6. The Labute approximate surface area is 391 Å². The zero-order valence-electron chi connectivity index (χ0n) is 37.5. The first-order valence-electron chi connectivity index (χ1n) is 23.3. The highest BCUT2D eigenvalue weighted by atomic mass is 15.1. The average molecular weight is 855 g/mol. The van der Waals surface area contributed by atoms with E-state index in [9.17, 15) is 0 Å². The number of hydrogen-bond donors (Lipinski definition) is 0. The van der Waals surface area contributed by atoms with Crippen LogP contribution in [0.1, 0.15) is 25.0 Å². The van der Waals surface area contributed by atoms with Crippen LogP contribution in [-0.4, -0.2) is 4.57 Å². The molecule has 0 bridgehead atoms. The van der Waals surface area contributed by atoms with E-state index >= 15 is 0 Å². The maximum atomic E-state index is 2.43. The maximum absolute atomic E-state index is 2.43. The standard InChI is InChI=1S/C65H46N2/c1-65(2)60-23-11-7-19-55(60)56-40-38-50(42-61(56)65)66(48-34-29-43(30-35-48)46-33-39-53-47(41-46)28-27-44-15-3-4-16-51(44)53)49-36-31-45(32-37-49)52-17-5-6-18-54(52)57-20-8-12-24-62(57)67-63-25-13-9-21-58(63)59-22-10-14-26-64(59)67/h3-42H,1-2H3. The molecule has 0 unspecified atom stereocenters. The van der Waals surface area contributed by atoms with Crippen LogP contribution in [0.15, 0.2) is 243 Å². The lowest BCUT2D eigenvalue weighted by Gasteiger charge is -2.28. The monoisotopic (exact) mass is 854 g/mol. The van der Waals surface area contributed by atoms with Crippen LogP contribution in [0.2, 0.25) is 0 Å². The molecule has 0 spiro atoms. The molecule has 1 aromatic heterocycles. The van der Waals surface area contributed by atoms with Crippen molar-refractivity contribution in [3.8, 4) is 50.2 Å². The fourth-order valence-corrected chi connectivity index (χ4v) is 11.1. The Balaban J connectivity index is 0.910. The molecule has 11 aromatic carbocycles. The van der Waals surface area contributed by atoms with Crippen molar-refractivity contribution in [2.45, 2.75) is 19.3 Å². The van der Waals surface area contributed by atoms with Gasteiger partial charge < -0.3 is 9.47 Å². The van der Waals surface area contributed by atoms with Crippen LogP contribution >= 0.6 is 0 Å². The smallest absolute Gasteiger partial charge is 0.0541 e. The first kappa shape index (κ1) is 39.0. The molecule has 0 N–H and O–H groups in total. The van der Waals surface area contributed by atoms with Gasteiger partial charge in [0.05, 0.1) is 16.7 Å². The highest BCUT2D eigenvalue weighted by Gasteiger charge is 2.35. The molecule has 0 saturated carbocycles. The summed E-state index contributed by atoms with van der Waals surface area (Å²) < 4.78 is 2.43. The number of nitrogens with zero attached hydrogens (tertiary/aromatic N) is 2. The summed E-state index contributed by atoms with van der Waals surface area (Å²) >= 11 is 0. The van der Waals surface area contributed by atoms with Crippen LogP contribution in [0.5, 0.6) is 0 Å². The van der Waals surface area contributed by atoms with Gasteiger partial charge in [-0.3, -0.25) is 0 Å². The lowest BCUT2D eigenvalue weighted by molar-refractivity contribution is 0.660. The topological polar surface area (TPSA) is 8.17 Å². The van der Waals surface area contributed by atoms with Gasteiger partial charge in [0.15, 0.2) is 0 Å². The molecular formula is C65H46N2. The summed E-state index contributed by atoms with van der Waals surface area (Å²) in [6, 6.07) is 89.4. The molecule has 67 heavy (non-hydrogen) atoms. The van der Waals surface area contributed by atoms with E-state index < -0.39 is 0 Å². The van der Waals surface area contributed by atoms with Crippen molar-refractivity contribution in [1.29, 1.82) is 0 Å². The summed E-state index contributed by atoms with van der Waals surface area (Å²) in [7, 11) is 0. The van der Waals surface area contributed by atoms with Gasteiger partial charge in [0, 0.05) is 38.8 Å². The lowest BCUT2D eigenvalue weighted by atomic mass is 9.82. The molecule has 1 heterocycles. The van der Waals surface area contributed by atoms with Gasteiger partial charge >= 0.3 is 0 Å². The first-order valence-corrected chi connectivity index (χ1v) is 23.3. The Morgan fingerprint density at radius 3 is 1.55 bits per heavy atom. The Hall–Kier alpha value is -8.46. The molecule has 13 rings (SSSR count). The molecule has 12 aromatic rings. The van der Waals surface area contributed by atoms with Gasteiger partial charge in [-0.2, -0.15) is 0 Å². The number of aromatic nitrogens is 1.